The topological polar surface area (TPSA) is 24.1 Å². The van der Waals surface area contributed by atoms with E-state index in [1.807, 2.05) is 12.2 Å². The van der Waals surface area contributed by atoms with Crippen LogP contribution in [0.5, 0.6) is 0 Å². The van der Waals surface area contributed by atoms with Crippen molar-refractivity contribution in [1.29, 1.82) is 0 Å². The lowest BCUT2D eigenvalue weighted by molar-refractivity contribution is -0.001000. The second kappa shape index (κ2) is 20.0. The predicted molar refractivity (Wildman–Crippen MR) is 62.4 cm³/mol. The van der Waals surface area contributed by atoms with Gasteiger partial charge in [0.05, 0.1) is 0 Å². The maximum absolute atomic E-state index is 3.49. The molecule has 0 bridgehead atoms. The van der Waals surface area contributed by atoms with E-state index in [2.05, 4.69) is 35.3 Å². The zero-order valence-corrected chi connectivity index (χ0v) is 11.1. The molecule has 0 atom stereocenters. The van der Waals surface area contributed by atoms with Crippen LogP contribution in [-0.2, 0) is 0 Å². The molecule has 0 heterocycles. The van der Waals surface area contributed by atoms with Crippen molar-refractivity contribution >= 4 is 0 Å². The average Bonchev–Trinajstić information content (AvgIpc) is 2.21. The largest absolute Gasteiger partial charge is 1.00 e. The summed E-state index contributed by atoms with van der Waals surface area (Å²) in [7, 11) is 0. The molecule has 0 spiro atoms. The molecular formula is C12H20Cl2N2-2. The van der Waals surface area contributed by atoms with Gasteiger partial charge in [-0.25, -0.2) is 0 Å². The Morgan fingerprint density at radius 3 is 1.50 bits per heavy atom. The van der Waals surface area contributed by atoms with Crippen LogP contribution >= 0.6 is 0 Å². The van der Waals surface area contributed by atoms with E-state index >= 15 is 0 Å². The fraction of sp³-hybridized carbons (Fsp3) is 0.500. The minimum atomic E-state index is 0. The molecule has 0 rings (SSSR count). The summed E-state index contributed by atoms with van der Waals surface area (Å²) < 4.78 is 0. The van der Waals surface area contributed by atoms with E-state index < -0.39 is 0 Å². The fourth-order valence-electron chi connectivity index (χ4n) is 0.993. The predicted octanol–water partition coefficient (Wildman–Crippen LogP) is -4.36. The van der Waals surface area contributed by atoms with Crippen molar-refractivity contribution in [1.82, 2.24) is 10.6 Å². The second-order valence-corrected chi connectivity index (χ2v) is 2.93. The highest BCUT2D eigenvalue weighted by Crippen LogP contribution is 1.83. The van der Waals surface area contributed by atoms with Gasteiger partial charge in [-0.05, 0) is 38.1 Å². The van der Waals surface area contributed by atoms with Crippen molar-refractivity contribution < 1.29 is 24.8 Å². The van der Waals surface area contributed by atoms with E-state index in [1.165, 1.54) is 12.8 Å². The number of hydrogen-bond acceptors (Lipinski definition) is 2. The van der Waals surface area contributed by atoms with Gasteiger partial charge in [0, 0.05) is 13.1 Å². The lowest BCUT2D eigenvalue weighted by Crippen LogP contribution is -3.00. The zero-order chi connectivity index (χ0) is 10.5. The van der Waals surface area contributed by atoms with Crippen molar-refractivity contribution in [3.63, 3.8) is 0 Å². The molecule has 0 amide bonds. The summed E-state index contributed by atoms with van der Waals surface area (Å²) >= 11 is 0. The smallest absolute Gasteiger partial charge is 0.0209 e. The molecule has 0 aromatic rings. The number of hydrogen-bond donors (Lipinski definition) is 2. The Bertz CT molecular complexity index is 193. The first-order valence-corrected chi connectivity index (χ1v) is 5.02. The highest BCUT2D eigenvalue weighted by Gasteiger charge is 1.86. The Morgan fingerprint density at radius 2 is 1.19 bits per heavy atom. The number of rotatable bonds is 9. The van der Waals surface area contributed by atoms with Crippen LogP contribution < -0.4 is 35.4 Å². The van der Waals surface area contributed by atoms with Gasteiger partial charge in [-0.3, -0.25) is 0 Å². The molecule has 0 saturated carbocycles. The van der Waals surface area contributed by atoms with E-state index in [4.69, 9.17) is 0 Å². The van der Waals surface area contributed by atoms with E-state index in [0.29, 0.717) is 0 Å². The molecule has 0 saturated heterocycles. The molecule has 16 heavy (non-hydrogen) atoms. The zero-order valence-electron chi connectivity index (χ0n) is 9.57. The summed E-state index contributed by atoms with van der Waals surface area (Å²) in [4.78, 5) is 0. The van der Waals surface area contributed by atoms with Gasteiger partial charge < -0.3 is 35.4 Å². The molecule has 0 aromatic heterocycles. The molecule has 2 nitrogen and oxygen atoms in total. The summed E-state index contributed by atoms with van der Waals surface area (Å²) in [6.45, 7) is 10.8. The lowest BCUT2D eigenvalue weighted by atomic mass is 10.3. The summed E-state index contributed by atoms with van der Waals surface area (Å²) in [5.41, 5.74) is 5.45. The van der Waals surface area contributed by atoms with Crippen molar-refractivity contribution in [2.75, 3.05) is 26.2 Å². The van der Waals surface area contributed by atoms with Crippen LogP contribution in [0.4, 0.5) is 0 Å². The Balaban J connectivity index is -0.000000845. The molecule has 4 heteroatoms. The van der Waals surface area contributed by atoms with Crippen LogP contribution in [0.3, 0.4) is 0 Å². The van der Waals surface area contributed by atoms with Gasteiger partial charge >= 0.3 is 0 Å². The van der Waals surface area contributed by atoms with Gasteiger partial charge in [-0.2, -0.15) is 0 Å². The molecule has 2 N–H and O–H groups in total. The molecular weight excluding hydrogens is 243 g/mol. The first-order valence-electron chi connectivity index (χ1n) is 5.02. The van der Waals surface area contributed by atoms with E-state index in [1.54, 1.807) is 0 Å². The summed E-state index contributed by atoms with van der Waals surface area (Å²) in [5.74, 6) is 0. The van der Waals surface area contributed by atoms with Crippen molar-refractivity contribution in [3.05, 3.63) is 36.8 Å². The Labute approximate surface area is 111 Å². The Kier molecular flexibility index (Phi) is 26.1. The summed E-state index contributed by atoms with van der Waals surface area (Å²) in [5, 5.41) is 6.54. The van der Waals surface area contributed by atoms with Gasteiger partial charge in [0.25, 0.3) is 0 Å². The maximum atomic E-state index is 3.49. The van der Waals surface area contributed by atoms with Crippen LogP contribution in [0.2, 0.25) is 0 Å². The fourth-order valence-corrected chi connectivity index (χ4v) is 0.993. The van der Waals surface area contributed by atoms with E-state index in [-0.39, 0.29) is 24.8 Å². The molecule has 0 aliphatic rings. The third-order valence-corrected chi connectivity index (χ3v) is 1.74. The van der Waals surface area contributed by atoms with Crippen molar-refractivity contribution in [2.24, 2.45) is 0 Å². The highest BCUT2D eigenvalue weighted by atomic mass is 35.5. The van der Waals surface area contributed by atoms with Gasteiger partial charge in [0.15, 0.2) is 0 Å². The Hall–Kier alpha value is -0.460. The first-order chi connectivity index (χ1) is 6.91. The monoisotopic (exact) mass is 262 g/mol. The molecule has 0 aliphatic carbocycles. The second-order valence-electron chi connectivity index (χ2n) is 2.93. The average molecular weight is 263 g/mol. The van der Waals surface area contributed by atoms with Crippen LogP contribution in [0.1, 0.15) is 12.8 Å². The quantitative estimate of drug-likeness (QED) is 0.324. The van der Waals surface area contributed by atoms with Crippen LogP contribution in [0.15, 0.2) is 36.8 Å². The van der Waals surface area contributed by atoms with Crippen LogP contribution in [-0.4, -0.2) is 26.2 Å². The minimum absolute atomic E-state index is 0. The highest BCUT2D eigenvalue weighted by molar-refractivity contribution is 4.78. The molecule has 0 fully saturated rings. The number of unbranched alkanes of at least 4 members (excludes halogenated alkanes) is 1. The maximum Gasteiger partial charge on any atom is 0.0209 e. The van der Waals surface area contributed by atoms with Crippen LogP contribution in [0, 0.1) is 0 Å². The third-order valence-electron chi connectivity index (χ3n) is 1.74. The number of nitrogens with one attached hydrogen (secondary N) is 2. The summed E-state index contributed by atoms with van der Waals surface area (Å²) in [6, 6.07) is 0. The van der Waals surface area contributed by atoms with Crippen molar-refractivity contribution in [2.45, 2.75) is 12.8 Å². The van der Waals surface area contributed by atoms with Gasteiger partial charge in [-0.15, -0.1) is 11.5 Å². The van der Waals surface area contributed by atoms with Crippen molar-refractivity contribution in [3.8, 4) is 0 Å². The first kappa shape index (κ1) is 20.9. The third kappa shape index (κ3) is 19.2. The lowest BCUT2D eigenvalue weighted by Gasteiger charge is -2.02. The SMILES string of the molecule is C=C=CCNCCCCNCC=C=C.[Cl-].[Cl-]. The van der Waals surface area contributed by atoms with Gasteiger partial charge in [-0.1, -0.05) is 13.2 Å². The molecule has 0 aliphatic heterocycles. The minimum Gasteiger partial charge on any atom is -1.00 e. The van der Waals surface area contributed by atoms with Gasteiger partial charge in [0.1, 0.15) is 0 Å². The standard InChI is InChI=1S/C12H20N2.2ClH/c1-3-5-9-13-11-7-8-12-14-10-6-4-2;;/h5-6,13-14H,1-2,7-12H2;2*1H/p-2. The van der Waals surface area contributed by atoms with E-state index in [9.17, 15) is 0 Å². The molecule has 0 radical (unpaired) electrons. The van der Waals surface area contributed by atoms with Crippen LogP contribution in [0.25, 0.3) is 0 Å². The van der Waals surface area contributed by atoms with Gasteiger partial charge in [0.2, 0.25) is 0 Å². The molecule has 0 unspecified atom stereocenters. The van der Waals surface area contributed by atoms with E-state index in [0.717, 1.165) is 26.2 Å². The number of halogens is 2. The molecule has 0 aromatic carbocycles. The summed E-state index contributed by atoms with van der Waals surface area (Å²) in [6.07, 6.45) is 6.17. The Morgan fingerprint density at radius 1 is 0.812 bits per heavy atom. The normalized spacial score (nSPS) is 7.75. The molecule has 94 valence electrons.